The van der Waals surface area contributed by atoms with Crippen molar-refractivity contribution in [1.29, 1.82) is 0 Å². The first-order chi connectivity index (χ1) is 7.34. The summed E-state index contributed by atoms with van der Waals surface area (Å²) in [6, 6.07) is 7.75. The smallest absolute Gasteiger partial charge is 0.194 e. The molecule has 3 rings (SSSR count). The third-order valence-electron chi connectivity index (χ3n) is 2.24. The summed E-state index contributed by atoms with van der Waals surface area (Å²) in [7, 11) is 0. The van der Waals surface area contributed by atoms with Crippen LogP contribution in [0.2, 0.25) is 5.02 Å². The molecule has 74 valence electrons. The highest BCUT2D eigenvalue weighted by Crippen LogP contribution is 2.27. The fraction of sp³-hybridized carbons (Fsp3) is 0. The lowest BCUT2D eigenvalue weighted by molar-refractivity contribution is 1.23. The molecule has 4 heteroatoms. The van der Waals surface area contributed by atoms with Crippen LogP contribution in [0.15, 0.2) is 42.0 Å². The van der Waals surface area contributed by atoms with Crippen LogP contribution in [0, 0.1) is 0 Å². The Kier molecular flexibility index (Phi) is 2.01. The predicted octanol–water partition coefficient (Wildman–Crippen LogP) is 3.72. The van der Waals surface area contributed by atoms with Crippen molar-refractivity contribution in [3.63, 3.8) is 0 Å². The first-order valence-electron chi connectivity index (χ1n) is 4.52. The monoisotopic (exact) mass is 234 g/mol. The maximum absolute atomic E-state index is 6.11. The molecule has 0 aliphatic heterocycles. The van der Waals surface area contributed by atoms with Crippen molar-refractivity contribution in [1.82, 2.24) is 9.38 Å². The van der Waals surface area contributed by atoms with Gasteiger partial charge in [0.2, 0.25) is 0 Å². The van der Waals surface area contributed by atoms with Gasteiger partial charge in [-0.15, -0.1) is 11.3 Å². The summed E-state index contributed by atoms with van der Waals surface area (Å²) in [5, 5.41) is 2.75. The number of hydrogen-bond acceptors (Lipinski definition) is 2. The number of rotatable bonds is 1. The zero-order chi connectivity index (χ0) is 10.3. The van der Waals surface area contributed by atoms with E-state index >= 15 is 0 Å². The lowest BCUT2D eigenvalue weighted by atomic mass is 10.2. The second-order valence-electron chi connectivity index (χ2n) is 3.20. The molecule has 0 atom stereocenters. The van der Waals surface area contributed by atoms with E-state index in [4.69, 9.17) is 11.6 Å². The predicted molar refractivity (Wildman–Crippen MR) is 63.5 cm³/mol. The molecule has 15 heavy (non-hydrogen) atoms. The van der Waals surface area contributed by atoms with Crippen LogP contribution in [0.5, 0.6) is 0 Å². The van der Waals surface area contributed by atoms with Crippen LogP contribution in [-0.4, -0.2) is 9.38 Å². The zero-order valence-electron chi connectivity index (χ0n) is 7.72. The minimum atomic E-state index is 0.739. The summed E-state index contributed by atoms with van der Waals surface area (Å²) in [4.78, 5) is 5.49. The van der Waals surface area contributed by atoms with Gasteiger partial charge in [0, 0.05) is 23.3 Å². The molecule has 0 N–H and O–H groups in total. The molecule has 3 aromatic rings. The van der Waals surface area contributed by atoms with Gasteiger partial charge in [0.15, 0.2) is 4.96 Å². The normalized spacial score (nSPS) is 11.0. The van der Waals surface area contributed by atoms with Crippen LogP contribution >= 0.6 is 22.9 Å². The van der Waals surface area contributed by atoms with Gasteiger partial charge in [0.25, 0.3) is 0 Å². The van der Waals surface area contributed by atoms with Crippen molar-refractivity contribution in [3.05, 3.63) is 47.1 Å². The van der Waals surface area contributed by atoms with E-state index in [1.165, 1.54) is 0 Å². The Balaban J connectivity index is 2.22. The fourth-order valence-electron chi connectivity index (χ4n) is 1.53. The third kappa shape index (κ3) is 1.44. The number of fused-ring (bicyclic) bond motifs is 1. The van der Waals surface area contributed by atoms with E-state index in [2.05, 4.69) is 4.98 Å². The lowest BCUT2D eigenvalue weighted by Gasteiger charge is -1.97. The van der Waals surface area contributed by atoms with Crippen molar-refractivity contribution < 1.29 is 0 Å². The van der Waals surface area contributed by atoms with Crippen LogP contribution in [0.25, 0.3) is 16.2 Å². The van der Waals surface area contributed by atoms with Gasteiger partial charge in [0.1, 0.15) is 0 Å². The van der Waals surface area contributed by atoms with Gasteiger partial charge in [-0.25, -0.2) is 4.98 Å². The molecule has 2 heterocycles. The summed E-state index contributed by atoms with van der Waals surface area (Å²) in [6.45, 7) is 0. The van der Waals surface area contributed by atoms with Gasteiger partial charge in [-0.05, 0) is 6.07 Å². The first-order valence-corrected chi connectivity index (χ1v) is 5.77. The molecular weight excluding hydrogens is 228 g/mol. The molecule has 0 unspecified atom stereocenters. The Morgan fingerprint density at radius 2 is 2.13 bits per heavy atom. The largest absolute Gasteiger partial charge is 0.297 e. The second-order valence-corrected chi connectivity index (χ2v) is 4.48. The highest BCUT2D eigenvalue weighted by Gasteiger charge is 2.07. The van der Waals surface area contributed by atoms with Crippen molar-refractivity contribution in [3.8, 4) is 11.3 Å². The molecule has 1 aromatic carbocycles. The van der Waals surface area contributed by atoms with E-state index in [1.807, 2.05) is 46.4 Å². The lowest BCUT2D eigenvalue weighted by Crippen LogP contribution is -1.77. The SMILES string of the molecule is Clc1ccccc1-c1cn2ccsc2n1. The van der Waals surface area contributed by atoms with Gasteiger partial charge in [0.05, 0.1) is 10.7 Å². The van der Waals surface area contributed by atoms with E-state index in [9.17, 15) is 0 Å². The summed E-state index contributed by atoms with van der Waals surface area (Å²) in [5.74, 6) is 0. The highest BCUT2D eigenvalue weighted by atomic mass is 35.5. The molecule has 0 spiro atoms. The van der Waals surface area contributed by atoms with Crippen molar-refractivity contribution in [2.45, 2.75) is 0 Å². The number of aromatic nitrogens is 2. The fourth-order valence-corrected chi connectivity index (χ4v) is 2.46. The molecule has 2 aromatic heterocycles. The average molecular weight is 235 g/mol. The number of nitrogens with zero attached hydrogens (tertiary/aromatic N) is 2. The van der Waals surface area contributed by atoms with Crippen molar-refractivity contribution >= 4 is 27.9 Å². The molecule has 0 radical (unpaired) electrons. The molecular formula is C11H7ClN2S. The maximum atomic E-state index is 6.11. The molecule has 0 aliphatic rings. The molecule has 0 fully saturated rings. The van der Waals surface area contributed by atoms with Crippen molar-refractivity contribution in [2.75, 3.05) is 0 Å². The van der Waals surface area contributed by atoms with E-state index in [-0.39, 0.29) is 0 Å². The van der Waals surface area contributed by atoms with E-state index in [0.29, 0.717) is 0 Å². The Morgan fingerprint density at radius 3 is 2.93 bits per heavy atom. The number of thiazole rings is 1. The summed E-state index contributed by atoms with van der Waals surface area (Å²) in [5.41, 5.74) is 1.91. The molecule has 0 saturated carbocycles. The molecule has 0 amide bonds. The Hall–Kier alpha value is -1.32. The van der Waals surface area contributed by atoms with Crippen LogP contribution < -0.4 is 0 Å². The van der Waals surface area contributed by atoms with Crippen molar-refractivity contribution in [2.24, 2.45) is 0 Å². The molecule has 2 nitrogen and oxygen atoms in total. The highest BCUT2D eigenvalue weighted by molar-refractivity contribution is 7.15. The number of hydrogen-bond donors (Lipinski definition) is 0. The van der Waals surface area contributed by atoms with E-state index in [1.54, 1.807) is 11.3 Å². The summed E-state index contributed by atoms with van der Waals surface area (Å²) < 4.78 is 2.00. The third-order valence-corrected chi connectivity index (χ3v) is 3.34. The van der Waals surface area contributed by atoms with Crippen LogP contribution in [-0.2, 0) is 0 Å². The van der Waals surface area contributed by atoms with Gasteiger partial charge in [-0.1, -0.05) is 29.8 Å². The Bertz CT molecular complexity index is 583. The first kappa shape index (κ1) is 8.95. The average Bonchev–Trinajstić information content (AvgIpc) is 2.77. The maximum Gasteiger partial charge on any atom is 0.194 e. The molecule has 0 aliphatic carbocycles. The van der Waals surface area contributed by atoms with E-state index < -0.39 is 0 Å². The van der Waals surface area contributed by atoms with Gasteiger partial charge in [-0.2, -0.15) is 0 Å². The number of imidazole rings is 1. The van der Waals surface area contributed by atoms with E-state index in [0.717, 1.165) is 21.2 Å². The topological polar surface area (TPSA) is 17.3 Å². The van der Waals surface area contributed by atoms with Crippen LogP contribution in [0.3, 0.4) is 0 Å². The zero-order valence-corrected chi connectivity index (χ0v) is 9.29. The van der Waals surface area contributed by atoms with Crippen LogP contribution in [0.1, 0.15) is 0 Å². The standard InChI is InChI=1S/C11H7ClN2S/c12-9-4-2-1-3-8(9)10-7-14-5-6-15-11(14)13-10/h1-7H. The van der Waals surface area contributed by atoms with Gasteiger partial charge in [-0.3, -0.25) is 4.40 Å². The number of benzene rings is 1. The van der Waals surface area contributed by atoms with Gasteiger partial charge >= 0.3 is 0 Å². The molecule has 0 saturated heterocycles. The second kappa shape index (κ2) is 3.36. The Morgan fingerprint density at radius 1 is 1.27 bits per heavy atom. The minimum absolute atomic E-state index is 0.739. The summed E-state index contributed by atoms with van der Waals surface area (Å²) in [6.07, 6.45) is 3.99. The summed E-state index contributed by atoms with van der Waals surface area (Å²) >= 11 is 7.72. The minimum Gasteiger partial charge on any atom is -0.297 e. The van der Waals surface area contributed by atoms with Crippen LogP contribution in [0.4, 0.5) is 0 Å². The Labute approximate surface area is 95.8 Å². The molecule has 0 bridgehead atoms. The van der Waals surface area contributed by atoms with Gasteiger partial charge < -0.3 is 0 Å². The number of halogens is 1. The quantitative estimate of drug-likeness (QED) is 0.627.